The Kier molecular flexibility index (Phi) is 3.47. The number of hydrogen-bond acceptors (Lipinski definition) is 3. The molecule has 1 spiro atoms. The molecule has 6 heteroatoms. The van der Waals surface area contributed by atoms with Crippen molar-refractivity contribution in [1.82, 2.24) is 20.0 Å². The number of carbonyl (C=O) groups excluding carboxylic acids is 2. The molecule has 1 aromatic rings. The minimum absolute atomic E-state index is 0.00268. The lowest BCUT2D eigenvalue weighted by atomic mass is 9.91. The molecule has 1 saturated carbocycles. The summed E-state index contributed by atoms with van der Waals surface area (Å²) in [5.41, 5.74) is 0.203. The number of hydrogen-bond donors (Lipinski definition) is 1. The molecule has 1 aromatic heterocycles. The van der Waals surface area contributed by atoms with Crippen LogP contribution >= 0.6 is 0 Å². The first-order valence-corrected chi connectivity index (χ1v) is 7.66. The van der Waals surface area contributed by atoms with Crippen LogP contribution in [0.15, 0.2) is 12.3 Å². The lowest BCUT2D eigenvalue weighted by Crippen LogP contribution is -2.65. The zero-order chi connectivity index (χ0) is 15.0. The van der Waals surface area contributed by atoms with Gasteiger partial charge in [-0.25, -0.2) is 0 Å². The highest BCUT2D eigenvalue weighted by molar-refractivity contribution is 5.98. The van der Waals surface area contributed by atoms with Gasteiger partial charge in [0.2, 0.25) is 11.8 Å². The number of rotatable bonds is 3. The van der Waals surface area contributed by atoms with Gasteiger partial charge in [-0.3, -0.25) is 14.3 Å². The van der Waals surface area contributed by atoms with Gasteiger partial charge in [0.25, 0.3) is 0 Å². The minimum Gasteiger partial charge on any atom is -0.345 e. The largest absolute Gasteiger partial charge is 0.345 e. The van der Waals surface area contributed by atoms with E-state index in [-0.39, 0.29) is 18.4 Å². The molecule has 0 atom stereocenters. The third-order valence-corrected chi connectivity index (χ3v) is 4.58. The fourth-order valence-electron chi connectivity index (χ4n) is 3.38. The molecule has 0 unspecified atom stereocenters. The van der Waals surface area contributed by atoms with E-state index in [1.54, 1.807) is 4.90 Å². The van der Waals surface area contributed by atoms with E-state index < -0.39 is 5.54 Å². The summed E-state index contributed by atoms with van der Waals surface area (Å²) in [5.74, 6) is -0.00140. The molecule has 1 aliphatic heterocycles. The first-order chi connectivity index (χ1) is 10.0. The SMILES string of the molecule is CC(C)n1ccc(CN2C(=O)CNC(=O)C23CCCC3)n1. The summed E-state index contributed by atoms with van der Waals surface area (Å²) in [6, 6.07) is 2.22. The van der Waals surface area contributed by atoms with E-state index in [2.05, 4.69) is 24.3 Å². The van der Waals surface area contributed by atoms with Gasteiger partial charge < -0.3 is 10.2 Å². The van der Waals surface area contributed by atoms with Crippen molar-refractivity contribution in [3.8, 4) is 0 Å². The van der Waals surface area contributed by atoms with Crippen molar-refractivity contribution in [3.05, 3.63) is 18.0 Å². The van der Waals surface area contributed by atoms with Crippen LogP contribution in [0.2, 0.25) is 0 Å². The molecule has 1 saturated heterocycles. The molecular formula is C15H22N4O2. The smallest absolute Gasteiger partial charge is 0.246 e. The van der Waals surface area contributed by atoms with Crippen LogP contribution in [0.4, 0.5) is 0 Å². The first-order valence-electron chi connectivity index (χ1n) is 7.66. The van der Waals surface area contributed by atoms with Gasteiger partial charge in [0, 0.05) is 12.2 Å². The number of amides is 2. The van der Waals surface area contributed by atoms with Crippen molar-refractivity contribution in [2.75, 3.05) is 6.54 Å². The standard InChI is InChI=1S/C15H22N4O2/c1-11(2)19-8-5-12(17-19)10-18-13(20)9-16-14(21)15(18)6-3-4-7-15/h5,8,11H,3-4,6-7,9-10H2,1-2H3,(H,16,21). The second-order valence-electron chi connectivity index (χ2n) is 6.28. The second kappa shape index (κ2) is 5.16. The predicted octanol–water partition coefficient (Wildman–Crippen LogP) is 1.24. The third kappa shape index (κ3) is 2.32. The van der Waals surface area contributed by atoms with E-state index in [9.17, 15) is 9.59 Å². The molecule has 6 nitrogen and oxygen atoms in total. The molecule has 114 valence electrons. The molecule has 2 fully saturated rings. The average molecular weight is 290 g/mol. The quantitative estimate of drug-likeness (QED) is 0.910. The van der Waals surface area contributed by atoms with Crippen molar-refractivity contribution in [2.45, 2.75) is 57.7 Å². The van der Waals surface area contributed by atoms with Crippen LogP contribution in [0, 0.1) is 0 Å². The van der Waals surface area contributed by atoms with Crippen molar-refractivity contribution < 1.29 is 9.59 Å². The lowest BCUT2D eigenvalue weighted by molar-refractivity contribution is -0.154. The Morgan fingerprint density at radius 3 is 2.67 bits per heavy atom. The minimum atomic E-state index is -0.642. The van der Waals surface area contributed by atoms with Crippen LogP contribution in [0.5, 0.6) is 0 Å². The van der Waals surface area contributed by atoms with E-state index in [1.165, 1.54) is 0 Å². The zero-order valence-electron chi connectivity index (χ0n) is 12.6. The molecule has 0 aromatic carbocycles. The Morgan fingerprint density at radius 2 is 2.05 bits per heavy atom. The summed E-state index contributed by atoms with van der Waals surface area (Å²) < 4.78 is 1.88. The molecule has 2 amide bonds. The van der Waals surface area contributed by atoms with Gasteiger partial charge in [-0.2, -0.15) is 5.10 Å². The topological polar surface area (TPSA) is 67.2 Å². The van der Waals surface area contributed by atoms with Gasteiger partial charge in [0.15, 0.2) is 0 Å². The normalized spacial score (nSPS) is 21.4. The summed E-state index contributed by atoms with van der Waals surface area (Å²) in [5, 5.41) is 7.26. The maximum absolute atomic E-state index is 12.3. The van der Waals surface area contributed by atoms with E-state index in [4.69, 9.17) is 0 Å². The Morgan fingerprint density at radius 1 is 1.33 bits per heavy atom. The van der Waals surface area contributed by atoms with Crippen molar-refractivity contribution >= 4 is 11.8 Å². The Hall–Kier alpha value is -1.85. The fourth-order valence-corrected chi connectivity index (χ4v) is 3.38. The summed E-state index contributed by atoms with van der Waals surface area (Å²) in [6.45, 7) is 4.65. The molecule has 2 heterocycles. The second-order valence-corrected chi connectivity index (χ2v) is 6.28. The number of nitrogens with zero attached hydrogens (tertiary/aromatic N) is 3. The van der Waals surface area contributed by atoms with Gasteiger partial charge in [-0.15, -0.1) is 0 Å². The van der Waals surface area contributed by atoms with Gasteiger partial charge in [-0.05, 0) is 32.8 Å². The molecular weight excluding hydrogens is 268 g/mol. The number of piperazine rings is 1. The van der Waals surface area contributed by atoms with Crippen LogP contribution in [0.3, 0.4) is 0 Å². The van der Waals surface area contributed by atoms with Crippen LogP contribution < -0.4 is 5.32 Å². The Bertz CT molecular complexity index is 558. The van der Waals surface area contributed by atoms with Crippen molar-refractivity contribution in [3.63, 3.8) is 0 Å². The number of aromatic nitrogens is 2. The van der Waals surface area contributed by atoms with Crippen LogP contribution in [-0.2, 0) is 16.1 Å². The Labute approximate surface area is 124 Å². The molecule has 2 aliphatic rings. The van der Waals surface area contributed by atoms with E-state index >= 15 is 0 Å². The monoisotopic (exact) mass is 290 g/mol. The molecule has 0 bridgehead atoms. The van der Waals surface area contributed by atoms with Gasteiger partial charge in [0.05, 0.1) is 18.8 Å². The first kappa shape index (κ1) is 14.1. The zero-order valence-corrected chi connectivity index (χ0v) is 12.6. The Balaban J connectivity index is 1.86. The summed E-state index contributed by atoms with van der Waals surface area (Å²) in [6.07, 6.45) is 5.44. The fraction of sp³-hybridized carbons (Fsp3) is 0.667. The molecule has 21 heavy (non-hydrogen) atoms. The average Bonchev–Trinajstić information content (AvgIpc) is 3.09. The highest BCUT2D eigenvalue weighted by Crippen LogP contribution is 2.38. The van der Waals surface area contributed by atoms with E-state index in [1.807, 2.05) is 16.9 Å². The van der Waals surface area contributed by atoms with Crippen molar-refractivity contribution in [1.29, 1.82) is 0 Å². The van der Waals surface area contributed by atoms with Crippen molar-refractivity contribution in [2.24, 2.45) is 0 Å². The molecule has 0 radical (unpaired) electrons. The highest BCUT2D eigenvalue weighted by atomic mass is 16.2. The number of nitrogens with one attached hydrogen (secondary N) is 1. The molecule has 1 aliphatic carbocycles. The summed E-state index contributed by atoms with van der Waals surface area (Å²) in [7, 11) is 0. The predicted molar refractivity (Wildman–Crippen MR) is 77.4 cm³/mol. The van der Waals surface area contributed by atoms with Gasteiger partial charge >= 0.3 is 0 Å². The van der Waals surface area contributed by atoms with E-state index in [0.717, 1.165) is 31.4 Å². The third-order valence-electron chi connectivity index (χ3n) is 4.58. The lowest BCUT2D eigenvalue weighted by Gasteiger charge is -2.43. The maximum atomic E-state index is 12.3. The highest BCUT2D eigenvalue weighted by Gasteiger charge is 2.50. The van der Waals surface area contributed by atoms with Crippen LogP contribution in [0.25, 0.3) is 0 Å². The van der Waals surface area contributed by atoms with Crippen LogP contribution in [0.1, 0.15) is 51.3 Å². The van der Waals surface area contributed by atoms with Crippen LogP contribution in [-0.4, -0.2) is 38.6 Å². The summed E-state index contributed by atoms with van der Waals surface area (Å²) in [4.78, 5) is 26.4. The molecule has 3 rings (SSSR count). The van der Waals surface area contributed by atoms with E-state index in [0.29, 0.717) is 12.6 Å². The maximum Gasteiger partial charge on any atom is 0.246 e. The van der Waals surface area contributed by atoms with Gasteiger partial charge in [0.1, 0.15) is 5.54 Å². The summed E-state index contributed by atoms with van der Waals surface area (Å²) >= 11 is 0. The van der Waals surface area contributed by atoms with Gasteiger partial charge in [-0.1, -0.05) is 12.8 Å². The number of carbonyl (C=O) groups is 2. The molecule has 1 N–H and O–H groups in total.